The molecule has 1 aromatic carbocycles. The largest absolute Gasteiger partial charge is 0.480 e. The van der Waals surface area contributed by atoms with Crippen LogP contribution in [0.1, 0.15) is 28.8 Å². The molecule has 1 aliphatic rings. The third-order valence-electron chi connectivity index (χ3n) is 4.80. The molecule has 2 aromatic rings. The summed E-state index contributed by atoms with van der Waals surface area (Å²) < 4.78 is 5.28. The second-order valence-electron chi connectivity index (χ2n) is 6.95. The first-order chi connectivity index (χ1) is 13.1. The fourth-order valence-electron chi connectivity index (χ4n) is 3.34. The maximum Gasteiger partial charge on any atom is 0.258 e. The lowest BCUT2D eigenvalue weighted by Gasteiger charge is -2.25. The van der Waals surface area contributed by atoms with Crippen LogP contribution in [0.3, 0.4) is 0 Å². The van der Waals surface area contributed by atoms with Gasteiger partial charge in [0.05, 0.1) is 7.11 Å². The Morgan fingerprint density at radius 2 is 2.11 bits per heavy atom. The molecular weight excluding hydrogens is 342 g/mol. The number of nitrogens with one attached hydrogen (secondary N) is 1. The number of hydrogen-bond donors (Lipinski definition) is 1. The van der Waals surface area contributed by atoms with Gasteiger partial charge in [0.2, 0.25) is 11.8 Å². The highest BCUT2D eigenvalue weighted by atomic mass is 16.5. The molecule has 1 fully saturated rings. The van der Waals surface area contributed by atoms with Crippen molar-refractivity contribution in [1.82, 2.24) is 20.2 Å². The molecule has 3 rings (SSSR count). The number of amides is 1. The number of nitrogens with zero attached hydrogens (tertiary/aromatic N) is 4. The average Bonchev–Trinajstić information content (AvgIpc) is 3.13. The zero-order chi connectivity index (χ0) is 19.2. The number of carbonyl (C=O) groups excluding carboxylic acids is 1. The summed E-state index contributed by atoms with van der Waals surface area (Å²) in [6.07, 6.45) is 3.75. The molecule has 1 unspecified atom stereocenters. The lowest BCUT2D eigenvalue weighted by molar-refractivity contribution is 0.0935. The molecule has 0 spiro atoms. The zero-order valence-electron chi connectivity index (χ0n) is 16.2. The normalized spacial score (nSPS) is 16.9. The highest BCUT2D eigenvalue weighted by Gasteiger charge is 2.25. The second-order valence-corrected chi connectivity index (χ2v) is 6.95. The second kappa shape index (κ2) is 8.81. The van der Waals surface area contributed by atoms with Gasteiger partial charge in [0.15, 0.2) is 0 Å². The third kappa shape index (κ3) is 4.74. The van der Waals surface area contributed by atoms with Crippen LogP contribution in [0.15, 0.2) is 36.5 Å². The van der Waals surface area contributed by atoms with Crippen LogP contribution in [-0.2, 0) is 6.54 Å². The van der Waals surface area contributed by atoms with E-state index in [-0.39, 0.29) is 5.91 Å². The first-order valence-corrected chi connectivity index (χ1v) is 9.23. The lowest BCUT2D eigenvalue weighted by Crippen LogP contribution is -2.40. The minimum absolute atomic E-state index is 0.205. The monoisotopic (exact) mass is 369 g/mol. The Labute approximate surface area is 160 Å². The van der Waals surface area contributed by atoms with Gasteiger partial charge in [-0.25, -0.2) is 4.98 Å². The fourth-order valence-corrected chi connectivity index (χ4v) is 3.34. The lowest BCUT2D eigenvalue weighted by atomic mass is 10.1. The van der Waals surface area contributed by atoms with E-state index in [2.05, 4.69) is 44.5 Å². The topological polar surface area (TPSA) is 70.6 Å². The fraction of sp³-hybridized carbons (Fsp3) is 0.450. The van der Waals surface area contributed by atoms with Crippen molar-refractivity contribution in [1.29, 1.82) is 0 Å². The van der Waals surface area contributed by atoms with Gasteiger partial charge in [-0.3, -0.25) is 9.69 Å². The number of methoxy groups -OCH3 is 1. The number of anilines is 1. The van der Waals surface area contributed by atoms with Crippen LogP contribution in [0.2, 0.25) is 0 Å². The maximum absolute atomic E-state index is 12.6. The number of hydrogen-bond acceptors (Lipinski definition) is 6. The number of likely N-dealkylation sites (tertiary alicyclic amines) is 1. The Kier molecular flexibility index (Phi) is 6.24. The molecule has 0 radical (unpaired) electrons. The summed E-state index contributed by atoms with van der Waals surface area (Å²) in [7, 11) is 5.20. The summed E-state index contributed by atoms with van der Waals surface area (Å²) in [6.45, 7) is 2.56. The highest BCUT2D eigenvalue weighted by molar-refractivity contribution is 5.96. The molecule has 1 aliphatic heterocycles. The van der Waals surface area contributed by atoms with E-state index in [9.17, 15) is 4.79 Å². The van der Waals surface area contributed by atoms with Gasteiger partial charge in [-0.1, -0.05) is 30.3 Å². The van der Waals surface area contributed by atoms with E-state index in [0.717, 1.165) is 25.9 Å². The van der Waals surface area contributed by atoms with Crippen LogP contribution < -0.4 is 15.0 Å². The third-order valence-corrected chi connectivity index (χ3v) is 4.80. The van der Waals surface area contributed by atoms with Gasteiger partial charge >= 0.3 is 0 Å². The first kappa shape index (κ1) is 19.1. The molecule has 2 heterocycles. The summed E-state index contributed by atoms with van der Waals surface area (Å²) in [5, 5.41) is 3.03. The van der Waals surface area contributed by atoms with Crippen molar-refractivity contribution in [2.24, 2.45) is 0 Å². The molecule has 0 aliphatic carbocycles. The predicted octanol–water partition coefficient (Wildman–Crippen LogP) is 1.95. The number of rotatable bonds is 7. The van der Waals surface area contributed by atoms with E-state index in [1.807, 2.05) is 20.2 Å². The van der Waals surface area contributed by atoms with Crippen LogP contribution in [0, 0.1) is 0 Å². The van der Waals surface area contributed by atoms with Crippen LogP contribution in [0.25, 0.3) is 0 Å². The molecule has 1 atom stereocenters. The maximum atomic E-state index is 12.6. The molecule has 1 N–H and O–H groups in total. The van der Waals surface area contributed by atoms with Crippen molar-refractivity contribution in [3.05, 3.63) is 47.7 Å². The van der Waals surface area contributed by atoms with Gasteiger partial charge < -0.3 is 15.0 Å². The summed E-state index contributed by atoms with van der Waals surface area (Å²) >= 11 is 0. The number of carbonyl (C=O) groups is 1. The standard InChI is InChI=1S/C20H27N5O2/c1-24(2)20-22-13-17(19(23-20)27-3)18(26)21-12-16-10-7-11-25(16)14-15-8-5-4-6-9-15/h4-6,8-9,13,16H,7,10-12,14H2,1-3H3,(H,21,26). The van der Waals surface area contributed by atoms with Gasteiger partial charge in [-0.2, -0.15) is 4.98 Å². The van der Waals surface area contributed by atoms with E-state index in [1.165, 1.54) is 18.9 Å². The Morgan fingerprint density at radius 1 is 1.33 bits per heavy atom. The van der Waals surface area contributed by atoms with Crippen molar-refractivity contribution >= 4 is 11.9 Å². The molecule has 7 nitrogen and oxygen atoms in total. The number of benzene rings is 1. The summed E-state index contributed by atoms with van der Waals surface area (Å²) in [5.74, 6) is 0.593. The Balaban J connectivity index is 1.61. The van der Waals surface area contributed by atoms with Crippen LogP contribution in [-0.4, -0.2) is 61.1 Å². The molecule has 7 heteroatoms. The smallest absolute Gasteiger partial charge is 0.258 e. The summed E-state index contributed by atoms with van der Waals surface area (Å²) in [4.78, 5) is 25.3. The quantitative estimate of drug-likeness (QED) is 0.804. The van der Waals surface area contributed by atoms with Crippen molar-refractivity contribution in [3.8, 4) is 5.88 Å². The molecule has 1 amide bonds. The molecule has 0 bridgehead atoms. The summed E-state index contributed by atoms with van der Waals surface area (Å²) in [6, 6.07) is 10.8. The van der Waals surface area contributed by atoms with Crippen LogP contribution in [0.4, 0.5) is 5.95 Å². The van der Waals surface area contributed by atoms with E-state index in [4.69, 9.17) is 4.74 Å². The molecular formula is C20H27N5O2. The summed E-state index contributed by atoms with van der Waals surface area (Å²) in [5.41, 5.74) is 1.65. The SMILES string of the molecule is COc1nc(N(C)C)ncc1C(=O)NCC1CCCN1Cc1ccccc1. The molecule has 0 saturated carbocycles. The van der Waals surface area contributed by atoms with Gasteiger partial charge in [0.1, 0.15) is 5.56 Å². The average molecular weight is 369 g/mol. The van der Waals surface area contributed by atoms with Crippen molar-refractivity contribution < 1.29 is 9.53 Å². The first-order valence-electron chi connectivity index (χ1n) is 9.23. The van der Waals surface area contributed by atoms with E-state index < -0.39 is 0 Å². The number of ether oxygens (including phenoxy) is 1. The zero-order valence-corrected chi connectivity index (χ0v) is 16.2. The number of aromatic nitrogens is 2. The Bertz CT molecular complexity index is 766. The predicted molar refractivity (Wildman–Crippen MR) is 105 cm³/mol. The molecule has 1 aromatic heterocycles. The van der Waals surface area contributed by atoms with Gasteiger partial charge in [0.25, 0.3) is 5.91 Å². The van der Waals surface area contributed by atoms with Crippen LogP contribution in [0.5, 0.6) is 5.88 Å². The van der Waals surface area contributed by atoms with E-state index >= 15 is 0 Å². The Morgan fingerprint density at radius 3 is 2.81 bits per heavy atom. The Hall–Kier alpha value is -2.67. The van der Waals surface area contributed by atoms with Gasteiger partial charge in [-0.15, -0.1) is 0 Å². The van der Waals surface area contributed by atoms with E-state index in [0.29, 0.717) is 30.0 Å². The van der Waals surface area contributed by atoms with Gasteiger partial charge in [-0.05, 0) is 24.9 Å². The van der Waals surface area contributed by atoms with Crippen molar-refractivity contribution in [2.45, 2.75) is 25.4 Å². The highest BCUT2D eigenvalue weighted by Crippen LogP contribution is 2.21. The minimum Gasteiger partial charge on any atom is -0.480 e. The molecule has 1 saturated heterocycles. The minimum atomic E-state index is -0.205. The van der Waals surface area contributed by atoms with Gasteiger partial charge in [0, 0.05) is 39.4 Å². The van der Waals surface area contributed by atoms with Crippen LogP contribution >= 0.6 is 0 Å². The molecule has 144 valence electrons. The van der Waals surface area contributed by atoms with Crippen molar-refractivity contribution in [2.75, 3.05) is 39.2 Å². The van der Waals surface area contributed by atoms with Crippen molar-refractivity contribution in [3.63, 3.8) is 0 Å². The molecule has 27 heavy (non-hydrogen) atoms. The van der Waals surface area contributed by atoms with E-state index in [1.54, 1.807) is 4.90 Å².